The lowest BCUT2D eigenvalue weighted by atomic mass is 10.0. The van der Waals surface area contributed by atoms with E-state index < -0.39 is 29.7 Å². The molecule has 0 fully saturated rings. The molecular weight excluding hydrogens is 554 g/mol. The number of carbonyl (C=O) groups is 3. The smallest absolute Gasteiger partial charge is 0.408 e. The highest BCUT2D eigenvalue weighted by Crippen LogP contribution is 2.28. The number of aromatic hydroxyl groups is 1. The van der Waals surface area contributed by atoms with Gasteiger partial charge in [-0.2, -0.15) is 11.8 Å². The van der Waals surface area contributed by atoms with Crippen LogP contribution in [0.5, 0.6) is 11.5 Å². The summed E-state index contributed by atoms with van der Waals surface area (Å²) in [6.45, 7) is 7.74. The molecule has 0 aromatic heterocycles. The second kappa shape index (κ2) is 17.5. The highest BCUT2D eigenvalue weighted by atomic mass is 32.2. The van der Waals surface area contributed by atoms with Gasteiger partial charge in [0.2, 0.25) is 5.91 Å². The van der Waals surface area contributed by atoms with Crippen molar-refractivity contribution in [3.05, 3.63) is 54.1 Å². The molecule has 2 aromatic rings. The van der Waals surface area contributed by atoms with Crippen LogP contribution in [-0.4, -0.2) is 65.2 Å². The number of carbonyl (C=O) groups excluding carboxylic acids is 3. The molecule has 3 amide bonds. The molecule has 232 valence electrons. The largest absolute Gasteiger partial charge is 0.508 e. The van der Waals surface area contributed by atoms with E-state index in [0.29, 0.717) is 42.1 Å². The maximum atomic E-state index is 14.3. The summed E-state index contributed by atoms with van der Waals surface area (Å²) in [5, 5.41) is 15.7. The Kier molecular flexibility index (Phi) is 14.5. The van der Waals surface area contributed by atoms with Gasteiger partial charge in [0.25, 0.3) is 5.91 Å². The van der Waals surface area contributed by atoms with E-state index in [4.69, 9.17) is 9.47 Å². The number of phenols is 1. The van der Waals surface area contributed by atoms with Crippen LogP contribution in [0, 0.1) is 0 Å². The first-order valence-corrected chi connectivity index (χ1v) is 15.9. The predicted molar refractivity (Wildman–Crippen MR) is 169 cm³/mol. The average Bonchev–Trinajstić information content (AvgIpc) is 2.94. The van der Waals surface area contributed by atoms with Gasteiger partial charge < -0.3 is 30.1 Å². The standard InChI is InChI=1S/C32H47N3O6S/c1-7-8-9-10-11-21-35(30(38)27(20-22-42-6)34-31(39)41-32(2,3)4)28(23-12-16-25(36)17-13-23)29(37)33-24-14-18-26(40-5)19-15-24/h12-19,27-28,36H,7-11,20-22H2,1-6H3,(H,33,37)(H,34,39). The third kappa shape index (κ3) is 11.8. The van der Waals surface area contributed by atoms with Gasteiger partial charge in [0, 0.05) is 12.2 Å². The Labute approximate surface area is 254 Å². The third-order valence-corrected chi connectivity index (χ3v) is 7.16. The van der Waals surface area contributed by atoms with Crippen LogP contribution in [0.4, 0.5) is 10.5 Å². The van der Waals surface area contributed by atoms with Gasteiger partial charge in [-0.1, -0.05) is 44.7 Å². The second-order valence-corrected chi connectivity index (χ2v) is 12.1. The zero-order chi connectivity index (χ0) is 31.1. The van der Waals surface area contributed by atoms with Crippen molar-refractivity contribution in [3.8, 4) is 11.5 Å². The number of alkyl carbamates (subject to hydrolysis) is 1. The fourth-order valence-corrected chi connectivity index (χ4v) is 4.88. The van der Waals surface area contributed by atoms with Gasteiger partial charge in [0.05, 0.1) is 7.11 Å². The maximum Gasteiger partial charge on any atom is 0.408 e. The number of ether oxygens (including phenoxy) is 2. The second-order valence-electron chi connectivity index (χ2n) is 11.1. The van der Waals surface area contributed by atoms with Crippen LogP contribution in [0.2, 0.25) is 0 Å². The van der Waals surface area contributed by atoms with E-state index in [1.54, 1.807) is 80.9 Å². The number of hydrogen-bond donors (Lipinski definition) is 3. The quantitative estimate of drug-likeness (QED) is 0.187. The number of amides is 3. The molecule has 0 aliphatic heterocycles. The van der Waals surface area contributed by atoms with Gasteiger partial charge >= 0.3 is 6.09 Å². The van der Waals surface area contributed by atoms with Crippen molar-refractivity contribution in [3.63, 3.8) is 0 Å². The number of benzene rings is 2. The SMILES string of the molecule is CCCCCCCN(C(=O)C(CCSC)NC(=O)OC(C)(C)C)C(C(=O)Nc1ccc(OC)cc1)c1ccc(O)cc1. The van der Waals surface area contributed by atoms with Gasteiger partial charge in [0.15, 0.2) is 0 Å². The summed E-state index contributed by atoms with van der Waals surface area (Å²) in [5.74, 6) is 0.548. The molecule has 2 aromatic carbocycles. The van der Waals surface area contributed by atoms with E-state index in [2.05, 4.69) is 17.6 Å². The molecule has 0 aliphatic rings. The molecular formula is C32H47N3O6S. The molecule has 0 spiro atoms. The molecule has 0 aliphatic carbocycles. The monoisotopic (exact) mass is 601 g/mol. The van der Waals surface area contributed by atoms with Gasteiger partial charge in [-0.3, -0.25) is 9.59 Å². The van der Waals surface area contributed by atoms with Crippen molar-refractivity contribution < 1.29 is 29.0 Å². The Morgan fingerprint density at radius 1 is 0.976 bits per heavy atom. The topological polar surface area (TPSA) is 117 Å². The molecule has 0 saturated heterocycles. The summed E-state index contributed by atoms with van der Waals surface area (Å²) in [6.07, 6.45) is 6.40. The molecule has 42 heavy (non-hydrogen) atoms. The van der Waals surface area contributed by atoms with E-state index >= 15 is 0 Å². The number of rotatable bonds is 16. The summed E-state index contributed by atoms with van der Waals surface area (Å²) >= 11 is 1.56. The predicted octanol–water partition coefficient (Wildman–Crippen LogP) is 6.53. The summed E-state index contributed by atoms with van der Waals surface area (Å²) in [6, 6.07) is 11.3. The lowest BCUT2D eigenvalue weighted by molar-refractivity contribution is -0.141. The molecule has 2 rings (SSSR count). The number of nitrogens with one attached hydrogen (secondary N) is 2. The van der Waals surface area contributed by atoms with Crippen LogP contribution >= 0.6 is 11.8 Å². The van der Waals surface area contributed by atoms with Crippen molar-refractivity contribution >= 4 is 35.4 Å². The molecule has 10 heteroatoms. The first-order valence-electron chi connectivity index (χ1n) is 14.5. The number of phenolic OH excluding ortho intramolecular Hbond substituents is 1. The van der Waals surface area contributed by atoms with Gasteiger partial charge in [-0.25, -0.2) is 4.79 Å². The molecule has 2 atom stereocenters. The number of anilines is 1. The van der Waals surface area contributed by atoms with Gasteiger partial charge in [-0.05, 0) is 87.6 Å². The summed E-state index contributed by atoms with van der Waals surface area (Å²) in [7, 11) is 1.57. The first kappa shape index (κ1) is 34.8. The third-order valence-electron chi connectivity index (χ3n) is 6.51. The van der Waals surface area contributed by atoms with Crippen molar-refractivity contribution in [2.45, 2.75) is 83.9 Å². The maximum absolute atomic E-state index is 14.3. The van der Waals surface area contributed by atoms with E-state index in [9.17, 15) is 19.5 Å². The number of unbranched alkanes of at least 4 members (excludes halogenated alkanes) is 4. The lowest BCUT2D eigenvalue weighted by Gasteiger charge is -2.34. The molecule has 0 saturated carbocycles. The number of methoxy groups -OCH3 is 1. The molecule has 9 nitrogen and oxygen atoms in total. The fourth-order valence-electron chi connectivity index (χ4n) is 4.41. The average molecular weight is 602 g/mol. The highest BCUT2D eigenvalue weighted by Gasteiger charge is 2.36. The van der Waals surface area contributed by atoms with Crippen molar-refractivity contribution in [1.29, 1.82) is 0 Å². The van der Waals surface area contributed by atoms with Crippen LogP contribution in [0.15, 0.2) is 48.5 Å². The zero-order valence-corrected chi connectivity index (χ0v) is 26.6. The van der Waals surface area contributed by atoms with Gasteiger partial charge in [-0.15, -0.1) is 0 Å². The van der Waals surface area contributed by atoms with Crippen LogP contribution < -0.4 is 15.4 Å². The van der Waals surface area contributed by atoms with Gasteiger partial charge in [0.1, 0.15) is 29.2 Å². The normalized spacial score (nSPS) is 12.6. The highest BCUT2D eigenvalue weighted by molar-refractivity contribution is 7.98. The van der Waals surface area contributed by atoms with Crippen LogP contribution in [0.25, 0.3) is 0 Å². The van der Waals surface area contributed by atoms with Crippen LogP contribution in [0.1, 0.15) is 77.8 Å². The zero-order valence-electron chi connectivity index (χ0n) is 25.8. The molecule has 2 unspecified atom stereocenters. The Morgan fingerprint density at radius 2 is 1.62 bits per heavy atom. The number of thioether (sulfide) groups is 1. The first-order chi connectivity index (χ1) is 20.0. The minimum Gasteiger partial charge on any atom is -0.508 e. The summed E-state index contributed by atoms with van der Waals surface area (Å²) in [4.78, 5) is 42.6. The summed E-state index contributed by atoms with van der Waals surface area (Å²) in [5.41, 5.74) is 0.357. The fraction of sp³-hybridized carbons (Fsp3) is 0.531. The number of hydrogen-bond acceptors (Lipinski definition) is 7. The van der Waals surface area contributed by atoms with E-state index in [1.807, 2.05) is 6.26 Å². The van der Waals surface area contributed by atoms with Crippen LogP contribution in [-0.2, 0) is 14.3 Å². The Hall–Kier alpha value is -3.40. The molecule has 0 radical (unpaired) electrons. The van der Waals surface area contributed by atoms with Crippen molar-refractivity contribution in [2.75, 3.05) is 31.0 Å². The van der Waals surface area contributed by atoms with E-state index in [0.717, 1.165) is 25.7 Å². The molecule has 3 N–H and O–H groups in total. The molecule has 0 heterocycles. The summed E-state index contributed by atoms with van der Waals surface area (Å²) < 4.78 is 10.7. The Bertz CT molecular complexity index is 1120. The number of nitrogens with zero attached hydrogens (tertiary/aromatic N) is 1. The van der Waals surface area contributed by atoms with E-state index in [-0.39, 0.29) is 11.7 Å². The minimum atomic E-state index is -1.01. The Morgan fingerprint density at radius 3 is 2.19 bits per heavy atom. The van der Waals surface area contributed by atoms with E-state index in [1.165, 1.54) is 12.1 Å². The van der Waals surface area contributed by atoms with Crippen molar-refractivity contribution in [1.82, 2.24) is 10.2 Å². The minimum absolute atomic E-state index is 0.0509. The Balaban J connectivity index is 2.49. The molecule has 0 bridgehead atoms. The lowest BCUT2D eigenvalue weighted by Crippen LogP contribution is -2.52. The van der Waals surface area contributed by atoms with Crippen molar-refractivity contribution in [2.24, 2.45) is 0 Å². The van der Waals surface area contributed by atoms with Crippen LogP contribution in [0.3, 0.4) is 0 Å².